The van der Waals surface area contributed by atoms with Gasteiger partial charge in [0.15, 0.2) is 11.5 Å². The molecule has 0 atom stereocenters. The lowest BCUT2D eigenvalue weighted by Crippen LogP contribution is -2.12. The number of methoxy groups -OCH3 is 2. The van der Waals surface area contributed by atoms with Crippen LogP contribution in [0.2, 0.25) is 0 Å². The third kappa shape index (κ3) is 4.13. The summed E-state index contributed by atoms with van der Waals surface area (Å²) in [5.74, 6) is 1.85. The molecule has 0 unspecified atom stereocenters. The summed E-state index contributed by atoms with van der Waals surface area (Å²) in [6.45, 7) is 3.53. The lowest BCUT2D eigenvalue weighted by Gasteiger charge is -2.08. The minimum Gasteiger partial charge on any atom is -0.493 e. The molecule has 0 spiro atoms. The Kier molecular flexibility index (Phi) is 5.68. The number of carbonyl (C=O) groups is 1. The van der Waals surface area contributed by atoms with Crippen molar-refractivity contribution in [2.24, 2.45) is 0 Å². The number of amides is 1. The highest BCUT2D eigenvalue weighted by molar-refractivity contribution is 7.17. The van der Waals surface area contributed by atoms with E-state index >= 15 is 0 Å². The van der Waals surface area contributed by atoms with Crippen molar-refractivity contribution in [3.8, 4) is 33.5 Å². The maximum absolute atomic E-state index is 13.0. The van der Waals surface area contributed by atoms with Gasteiger partial charge < -0.3 is 19.3 Å². The Hall–Kier alpha value is -3.72. The van der Waals surface area contributed by atoms with Gasteiger partial charge in [-0.25, -0.2) is 4.98 Å². The third-order valence-electron chi connectivity index (χ3n) is 4.58. The van der Waals surface area contributed by atoms with Gasteiger partial charge in [0, 0.05) is 18.1 Å². The normalized spacial score (nSPS) is 10.7. The second kappa shape index (κ2) is 8.57. The average Bonchev–Trinajstić information content (AvgIpc) is 3.39. The van der Waals surface area contributed by atoms with Crippen LogP contribution in [0.15, 0.2) is 47.0 Å². The van der Waals surface area contributed by atoms with E-state index in [1.54, 1.807) is 27.2 Å². The van der Waals surface area contributed by atoms with Crippen LogP contribution in [0.4, 0.5) is 5.69 Å². The summed E-state index contributed by atoms with van der Waals surface area (Å²) in [4.78, 5) is 22.4. The summed E-state index contributed by atoms with van der Waals surface area (Å²) in [5, 5.41) is 7.61. The fraction of sp³-hybridized carbons (Fsp3) is 0.182. The fourth-order valence-electron chi connectivity index (χ4n) is 3.07. The molecule has 0 aliphatic carbocycles. The number of aromatic nitrogens is 3. The van der Waals surface area contributed by atoms with Crippen LogP contribution in [0.3, 0.4) is 0 Å². The van der Waals surface area contributed by atoms with Crippen LogP contribution in [-0.2, 0) is 0 Å². The number of rotatable bonds is 6. The van der Waals surface area contributed by atoms with Crippen LogP contribution >= 0.6 is 11.3 Å². The van der Waals surface area contributed by atoms with E-state index in [0.717, 1.165) is 5.56 Å². The lowest BCUT2D eigenvalue weighted by atomic mass is 10.1. The Morgan fingerprint density at radius 1 is 1.03 bits per heavy atom. The van der Waals surface area contributed by atoms with E-state index in [1.165, 1.54) is 11.3 Å². The van der Waals surface area contributed by atoms with Crippen molar-refractivity contribution in [1.29, 1.82) is 0 Å². The summed E-state index contributed by atoms with van der Waals surface area (Å²) in [7, 11) is 3.16. The highest BCUT2D eigenvalue weighted by Crippen LogP contribution is 2.35. The Bertz CT molecular complexity index is 1250. The third-order valence-corrected chi connectivity index (χ3v) is 5.78. The summed E-state index contributed by atoms with van der Waals surface area (Å²) in [6, 6.07) is 12.8. The van der Waals surface area contributed by atoms with Gasteiger partial charge in [0.05, 0.1) is 25.6 Å². The van der Waals surface area contributed by atoms with E-state index in [0.29, 0.717) is 50.0 Å². The first kappa shape index (κ1) is 20.5. The molecule has 9 heteroatoms. The zero-order valence-electron chi connectivity index (χ0n) is 17.4. The van der Waals surface area contributed by atoms with E-state index in [2.05, 4.69) is 20.4 Å². The maximum Gasteiger partial charge on any atom is 0.267 e. The molecule has 0 fully saturated rings. The molecule has 0 saturated carbocycles. The number of nitrogens with zero attached hydrogens (tertiary/aromatic N) is 3. The van der Waals surface area contributed by atoms with Crippen LogP contribution in [0.25, 0.3) is 22.0 Å². The zero-order chi connectivity index (χ0) is 22.0. The molecule has 2 heterocycles. The molecule has 1 N–H and O–H groups in total. The van der Waals surface area contributed by atoms with E-state index in [4.69, 9.17) is 14.0 Å². The number of hydrogen-bond acceptors (Lipinski definition) is 8. The average molecular weight is 436 g/mol. The summed E-state index contributed by atoms with van der Waals surface area (Å²) in [6.07, 6.45) is 0. The predicted octanol–water partition coefficient (Wildman–Crippen LogP) is 4.75. The van der Waals surface area contributed by atoms with E-state index in [1.807, 2.05) is 43.3 Å². The van der Waals surface area contributed by atoms with Crippen molar-refractivity contribution in [3.63, 3.8) is 0 Å². The Labute approximate surface area is 182 Å². The van der Waals surface area contributed by atoms with E-state index in [-0.39, 0.29) is 5.91 Å². The second-order valence-electron chi connectivity index (χ2n) is 6.64. The molecule has 0 aliphatic heterocycles. The number of carbonyl (C=O) groups excluding carboxylic acids is 1. The van der Waals surface area contributed by atoms with Crippen molar-refractivity contribution >= 4 is 22.9 Å². The molecule has 158 valence electrons. The molecule has 0 aliphatic rings. The van der Waals surface area contributed by atoms with Crippen molar-refractivity contribution in [1.82, 2.24) is 15.1 Å². The summed E-state index contributed by atoms with van der Waals surface area (Å²) >= 11 is 1.31. The minimum absolute atomic E-state index is 0.255. The smallest absolute Gasteiger partial charge is 0.267 e. The lowest BCUT2D eigenvalue weighted by molar-refractivity contribution is 0.103. The number of ether oxygens (including phenoxy) is 2. The molecule has 0 radical (unpaired) electrons. The van der Waals surface area contributed by atoms with Gasteiger partial charge in [-0.3, -0.25) is 4.79 Å². The van der Waals surface area contributed by atoms with E-state index in [9.17, 15) is 4.79 Å². The first-order valence-corrected chi connectivity index (χ1v) is 10.2. The quantitative estimate of drug-likeness (QED) is 0.466. The molecule has 8 nitrogen and oxygen atoms in total. The number of hydrogen-bond donors (Lipinski definition) is 1. The molecule has 4 rings (SSSR count). The molecule has 2 aromatic carbocycles. The standard InChI is InChI=1S/C22H20N4O4S/c1-12-19(31-22(23-12)14-9-10-17(28-3)18(11-14)29-4)21(27)25-16-8-6-5-7-15(16)20-24-13(2)30-26-20/h5-11H,1-4H3,(H,25,27). The Morgan fingerprint density at radius 2 is 1.81 bits per heavy atom. The highest BCUT2D eigenvalue weighted by atomic mass is 32.1. The predicted molar refractivity (Wildman–Crippen MR) is 118 cm³/mol. The Morgan fingerprint density at radius 3 is 2.52 bits per heavy atom. The summed E-state index contributed by atoms with van der Waals surface area (Å²) in [5.41, 5.74) is 2.75. The van der Waals surface area contributed by atoms with Crippen LogP contribution in [0.5, 0.6) is 11.5 Å². The number of nitrogens with one attached hydrogen (secondary N) is 1. The summed E-state index contributed by atoms with van der Waals surface area (Å²) < 4.78 is 15.7. The van der Waals surface area contributed by atoms with Crippen LogP contribution in [0.1, 0.15) is 21.3 Å². The highest BCUT2D eigenvalue weighted by Gasteiger charge is 2.19. The Balaban J connectivity index is 1.63. The van der Waals surface area contributed by atoms with Crippen LogP contribution in [0, 0.1) is 13.8 Å². The number of thiazole rings is 1. The molecule has 4 aromatic rings. The molecule has 31 heavy (non-hydrogen) atoms. The molecule has 1 amide bonds. The van der Waals surface area contributed by atoms with Gasteiger partial charge in [-0.2, -0.15) is 4.98 Å². The SMILES string of the molecule is COc1ccc(-c2nc(C)c(C(=O)Nc3ccccc3-c3noc(C)n3)s2)cc1OC. The van der Waals surface area contributed by atoms with Gasteiger partial charge >= 0.3 is 0 Å². The minimum atomic E-state index is -0.255. The van der Waals surface area contributed by atoms with Crippen LogP contribution in [-0.4, -0.2) is 35.3 Å². The van der Waals surface area contributed by atoms with Gasteiger partial charge in [-0.1, -0.05) is 17.3 Å². The number of aryl methyl sites for hydroxylation is 2. The molecule has 2 aromatic heterocycles. The van der Waals surface area contributed by atoms with Gasteiger partial charge in [0.1, 0.15) is 9.88 Å². The van der Waals surface area contributed by atoms with Gasteiger partial charge in [-0.05, 0) is 37.3 Å². The fourth-order valence-corrected chi connectivity index (χ4v) is 4.03. The molecular weight excluding hydrogens is 416 g/mol. The number of anilines is 1. The first-order chi connectivity index (χ1) is 15.0. The first-order valence-electron chi connectivity index (χ1n) is 9.41. The second-order valence-corrected chi connectivity index (χ2v) is 7.64. The van der Waals surface area contributed by atoms with Gasteiger partial charge in [-0.15, -0.1) is 11.3 Å². The number of benzene rings is 2. The van der Waals surface area contributed by atoms with Crippen LogP contribution < -0.4 is 14.8 Å². The molecule has 0 bridgehead atoms. The van der Waals surface area contributed by atoms with Crippen molar-refractivity contribution in [3.05, 3.63) is 58.9 Å². The van der Waals surface area contributed by atoms with Crippen molar-refractivity contribution in [2.45, 2.75) is 13.8 Å². The van der Waals surface area contributed by atoms with Crippen molar-refractivity contribution in [2.75, 3.05) is 19.5 Å². The zero-order valence-corrected chi connectivity index (χ0v) is 18.2. The van der Waals surface area contributed by atoms with Gasteiger partial charge in [0.25, 0.3) is 5.91 Å². The number of para-hydroxylation sites is 1. The van der Waals surface area contributed by atoms with Crippen molar-refractivity contribution < 1.29 is 18.8 Å². The molecule has 0 saturated heterocycles. The van der Waals surface area contributed by atoms with Gasteiger partial charge in [0.2, 0.25) is 11.7 Å². The topological polar surface area (TPSA) is 99.4 Å². The monoisotopic (exact) mass is 436 g/mol. The van der Waals surface area contributed by atoms with E-state index < -0.39 is 0 Å². The maximum atomic E-state index is 13.0. The largest absolute Gasteiger partial charge is 0.493 e. The molecular formula is C22H20N4O4S.